The molecule has 2 aromatic carbocycles. The summed E-state index contributed by atoms with van der Waals surface area (Å²) < 4.78 is 42.4. The van der Waals surface area contributed by atoms with E-state index < -0.39 is 34.6 Å². The minimum Gasteiger partial charge on any atom is -0.467 e. The van der Waals surface area contributed by atoms with Crippen LogP contribution in [0.15, 0.2) is 48.5 Å². The second kappa shape index (κ2) is 8.51. The van der Waals surface area contributed by atoms with Crippen molar-refractivity contribution < 1.29 is 32.4 Å². The number of nitrogens with one attached hydrogen (secondary N) is 1. The highest BCUT2D eigenvalue weighted by atomic mass is 19.4. The van der Waals surface area contributed by atoms with Crippen molar-refractivity contribution >= 4 is 17.6 Å². The number of nitrogens with zero attached hydrogens (tertiary/aromatic N) is 1. The summed E-state index contributed by atoms with van der Waals surface area (Å²) >= 11 is 0. The monoisotopic (exact) mass is 396 g/mol. The Morgan fingerprint density at radius 3 is 2.29 bits per heavy atom. The molecule has 148 valence electrons. The smallest absolute Gasteiger partial charge is 0.416 e. The van der Waals surface area contributed by atoms with E-state index in [2.05, 4.69) is 10.1 Å². The predicted molar refractivity (Wildman–Crippen MR) is 91.5 cm³/mol. The van der Waals surface area contributed by atoms with Gasteiger partial charge >= 0.3 is 12.1 Å². The van der Waals surface area contributed by atoms with Gasteiger partial charge in [0.1, 0.15) is 6.04 Å². The predicted octanol–water partition coefficient (Wildman–Crippen LogP) is 3.13. The standard InChI is InChI=1S/C18H15F3N2O5/c1-28-17(25)14(10-12-4-2-3-5-15(12)23(26)27)22-16(24)11-6-8-13(9-7-11)18(19,20)21/h2-9,14H,10H2,1H3,(H,22,24)/t14-/m1/s1. The molecule has 2 aromatic rings. The van der Waals surface area contributed by atoms with E-state index in [9.17, 15) is 32.9 Å². The third-order valence-electron chi connectivity index (χ3n) is 3.88. The zero-order valence-electron chi connectivity index (χ0n) is 14.5. The molecular formula is C18H15F3N2O5. The van der Waals surface area contributed by atoms with Crippen LogP contribution in [0.4, 0.5) is 18.9 Å². The molecular weight excluding hydrogens is 381 g/mol. The minimum atomic E-state index is -4.55. The number of carbonyl (C=O) groups is 2. The van der Waals surface area contributed by atoms with Crippen molar-refractivity contribution in [3.63, 3.8) is 0 Å². The summed E-state index contributed by atoms with van der Waals surface area (Å²) in [7, 11) is 1.08. The van der Waals surface area contributed by atoms with Crippen molar-refractivity contribution in [3.05, 3.63) is 75.3 Å². The Balaban J connectivity index is 2.22. The van der Waals surface area contributed by atoms with Crippen molar-refractivity contribution in [1.82, 2.24) is 5.32 Å². The highest BCUT2D eigenvalue weighted by Gasteiger charge is 2.31. The lowest BCUT2D eigenvalue weighted by molar-refractivity contribution is -0.385. The van der Waals surface area contributed by atoms with Crippen LogP contribution >= 0.6 is 0 Å². The highest BCUT2D eigenvalue weighted by molar-refractivity contribution is 5.96. The Morgan fingerprint density at radius 2 is 1.75 bits per heavy atom. The first-order chi connectivity index (χ1) is 13.1. The van der Waals surface area contributed by atoms with Crippen LogP contribution in [0.1, 0.15) is 21.5 Å². The van der Waals surface area contributed by atoms with Crippen LogP contribution in [0.3, 0.4) is 0 Å². The van der Waals surface area contributed by atoms with Gasteiger partial charge in [-0.15, -0.1) is 0 Å². The van der Waals surface area contributed by atoms with Gasteiger partial charge in [0, 0.05) is 23.6 Å². The van der Waals surface area contributed by atoms with E-state index in [-0.39, 0.29) is 23.2 Å². The summed E-state index contributed by atoms with van der Waals surface area (Å²) in [5, 5.41) is 13.4. The molecule has 0 spiro atoms. The molecule has 0 aliphatic carbocycles. The van der Waals surface area contributed by atoms with Gasteiger partial charge in [-0.1, -0.05) is 18.2 Å². The number of nitro groups is 1. The Labute approximate surface area is 157 Å². The molecule has 7 nitrogen and oxygen atoms in total. The fourth-order valence-corrected chi connectivity index (χ4v) is 2.47. The minimum absolute atomic E-state index is 0.107. The molecule has 1 amide bonds. The molecule has 0 heterocycles. The van der Waals surface area contributed by atoms with Crippen LogP contribution in [-0.4, -0.2) is 30.0 Å². The van der Waals surface area contributed by atoms with Gasteiger partial charge in [-0.2, -0.15) is 13.2 Å². The molecule has 0 fully saturated rings. The Morgan fingerprint density at radius 1 is 1.14 bits per heavy atom. The fourth-order valence-electron chi connectivity index (χ4n) is 2.47. The zero-order chi connectivity index (χ0) is 20.9. The molecule has 1 atom stereocenters. The van der Waals surface area contributed by atoms with Crippen LogP contribution in [-0.2, 0) is 22.1 Å². The number of methoxy groups -OCH3 is 1. The second-order valence-corrected chi connectivity index (χ2v) is 5.71. The fraction of sp³-hybridized carbons (Fsp3) is 0.222. The van der Waals surface area contributed by atoms with Crippen LogP contribution in [0.5, 0.6) is 0 Å². The highest BCUT2D eigenvalue weighted by Crippen LogP contribution is 2.29. The third-order valence-corrected chi connectivity index (χ3v) is 3.88. The summed E-state index contributed by atoms with van der Waals surface area (Å²) in [4.78, 5) is 34.8. The van der Waals surface area contributed by atoms with E-state index in [0.717, 1.165) is 31.4 Å². The number of amides is 1. The van der Waals surface area contributed by atoms with Crippen molar-refractivity contribution in [3.8, 4) is 0 Å². The summed E-state index contributed by atoms with van der Waals surface area (Å²) in [6.45, 7) is 0. The summed E-state index contributed by atoms with van der Waals surface area (Å²) in [6.07, 6.45) is -4.77. The van der Waals surface area contributed by atoms with Gasteiger partial charge in [-0.3, -0.25) is 14.9 Å². The average molecular weight is 396 g/mol. The lowest BCUT2D eigenvalue weighted by Crippen LogP contribution is -2.43. The number of nitro benzene ring substituents is 1. The normalized spacial score (nSPS) is 12.1. The van der Waals surface area contributed by atoms with Gasteiger partial charge in [0.2, 0.25) is 0 Å². The molecule has 2 rings (SSSR count). The maximum atomic E-state index is 12.6. The van der Waals surface area contributed by atoms with Gasteiger partial charge in [-0.05, 0) is 24.3 Å². The van der Waals surface area contributed by atoms with E-state index in [1.165, 1.54) is 24.3 Å². The first kappa shape index (κ1) is 20.9. The Kier molecular flexibility index (Phi) is 6.34. The molecule has 1 N–H and O–H groups in total. The molecule has 0 aromatic heterocycles. The van der Waals surface area contributed by atoms with Crippen LogP contribution in [0.25, 0.3) is 0 Å². The summed E-state index contributed by atoms with van der Waals surface area (Å²) in [6, 6.07) is 7.83. The number of benzene rings is 2. The largest absolute Gasteiger partial charge is 0.467 e. The van der Waals surface area contributed by atoms with Gasteiger partial charge in [0.05, 0.1) is 17.6 Å². The maximum Gasteiger partial charge on any atom is 0.416 e. The first-order valence-corrected chi connectivity index (χ1v) is 7.91. The molecule has 0 unspecified atom stereocenters. The van der Waals surface area contributed by atoms with Crippen molar-refractivity contribution in [2.24, 2.45) is 0 Å². The number of halogens is 3. The van der Waals surface area contributed by atoms with Crippen molar-refractivity contribution in [2.45, 2.75) is 18.6 Å². The van der Waals surface area contributed by atoms with Crippen molar-refractivity contribution in [1.29, 1.82) is 0 Å². The average Bonchev–Trinajstić information content (AvgIpc) is 2.66. The topological polar surface area (TPSA) is 98.5 Å². The number of esters is 1. The van der Waals surface area contributed by atoms with Crippen molar-refractivity contribution in [2.75, 3.05) is 7.11 Å². The number of rotatable bonds is 6. The number of para-hydroxylation sites is 1. The number of carbonyl (C=O) groups excluding carboxylic acids is 2. The summed E-state index contributed by atoms with van der Waals surface area (Å²) in [5.74, 6) is -1.67. The van der Waals surface area contributed by atoms with E-state index in [0.29, 0.717) is 0 Å². The SMILES string of the molecule is COC(=O)[C@@H](Cc1ccccc1[N+](=O)[O-])NC(=O)c1ccc(C(F)(F)F)cc1. The first-order valence-electron chi connectivity index (χ1n) is 7.91. The lowest BCUT2D eigenvalue weighted by atomic mass is 10.0. The molecule has 10 heteroatoms. The molecule has 0 saturated carbocycles. The van der Waals surface area contributed by atoms with E-state index in [4.69, 9.17) is 0 Å². The molecule has 0 saturated heterocycles. The second-order valence-electron chi connectivity index (χ2n) is 5.71. The quantitative estimate of drug-likeness (QED) is 0.460. The van der Waals surface area contributed by atoms with Crippen LogP contribution in [0, 0.1) is 10.1 Å². The summed E-state index contributed by atoms with van der Waals surface area (Å²) in [5.41, 5.74) is -1.08. The third kappa shape index (κ3) is 5.06. The molecule has 0 aliphatic heterocycles. The van der Waals surface area contributed by atoms with Gasteiger partial charge in [0.15, 0.2) is 0 Å². The van der Waals surface area contributed by atoms with Gasteiger partial charge < -0.3 is 10.1 Å². The number of hydrogen-bond acceptors (Lipinski definition) is 5. The lowest BCUT2D eigenvalue weighted by Gasteiger charge is -2.17. The van der Waals surface area contributed by atoms with Gasteiger partial charge in [-0.25, -0.2) is 4.79 Å². The molecule has 0 radical (unpaired) electrons. The number of hydrogen-bond donors (Lipinski definition) is 1. The van der Waals surface area contributed by atoms with E-state index >= 15 is 0 Å². The van der Waals surface area contributed by atoms with Crippen LogP contribution < -0.4 is 5.32 Å². The van der Waals surface area contributed by atoms with E-state index in [1.807, 2.05) is 0 Å². The molecule has 0 bridgehead atoms. The Hall–Kier alpha value is -3.43. The Bertz CT molecular complexity index is 882. The maximum absolute atomic E-state index is 12.6. The van der Waals surface area contributed by atoms with Crippen LogP contribution in [0.2, 0.25) is 0 Å². The number of alkyl halides is 3. The van der Waals surface area contributed by atoms with E-state index in [1.54, 1.807) is 0 Å². The molecule has 28 heavy (non-hydrogen) atoms. The zero-order valence-corrected chi connectivity index (χ0v) is 14.5. The molecule has 0 aliphatic rings. The van der Waals surface area contributed by atoms with Gasteiger partial charge in [0.25, 0.3) is 11.6 Å². The number of ether oxygens (including phenoxy) is 1.